The van der Waals surface area contributed by atoms with Gasteiger partial charge in [0.15, 0.2) is 0 Å². The van der Waals surface area contributed by atoms with E-state index in [9.17, 15) is 0 Å². The van der Waals surface area contributed by atoms with Gasteiger partial charge < -0.3 is 5.73 Å². The number of likely N-dealkylation sites (tertiary alicyclic amines) is 1. The molecule has 2 radical (unpaired) electrons. The average molecular weight is 166 g/mol. The fourth-order valence-electron chi connectivity index (χ4n) is 1.64. The minimum atomic E-state index is -0.274. The van der Waals surface area contributed by atoms with Crippen LogP contribution in [0.1, 0.15) is 27.2 Å². The van der Waals surface area contributed by atoms with Crippen LogP contribution in [0.5, 0.6) is 0 Å². The molecule has 1 fully saturated rings. The lowest BCUT2D eigenvalue weighted by atomic mass is 9.74. The third-order valence-corrected chi connectivity index (χ3v) is 3.31. The lowest BCUT2D eigenvalue weighted by molar-refractivity contribution is 0.0636. The standard InChI is InChI=1S/C9H19BN2/c1-7-6-12(8(10)11)5-4-9(7,2)3/h7-8H,4-6,11H2,1-3H3/t7-,8+/m0/s1. The largest absolute Gasteiger partial charge is 0.324 e. The van der Waals surface area contributed by atoms with Gasteiger partial charge in [-0.05, 0) is 24.3 Å². The second-order valence-electron chi connectivity index (χ2n) is 4.63. The summed E-state index contributed by atoms with van der Waals surface area (Å²) in [7, 11) is 5.62. The summed E-state index contributed by atoms with van der Waals surface area (Å²) in [6, 6.07) is -0.274. The Bertz CT molecular complexity index is 157. The highest BCUT2D eigenvalue weighted by Gasteiger charge is 2.32. The highest BCUT2D eigenvalue weighted by Crippen LogP contribution is 2.34. The van der Waals surface area contributed by atoms with Crippen molar-refractivity contribution < 1.29 is 0 Å². The van der Waals surface area contributed by atoms with E-state index in [1.54, 1.807) is 0 Å². The summed E-state index contributed by atoms with van der Waals surface area (Å²) >= 11 is 0. The average Bonchev–Trinajstić information content (AvgIpc) is 1.94. The van der Waals surface area contributed by atoms with Crippen LogP contribution >= 0.6 is 0 Å². The molecule has 1 aliphatic heterocycles. The molecule has 0 aromatic rings. The molecule has 12 heavy (non-hydrogen) atoms. The van der Waals surface area contributed by atoms with E-state index in [-0.39, 0.29) is 6.07 Å². The molecule has 1 rings (SSSR count). The summed E-state index contributed by atoms with van der Waals surface area (Å²) < 4.78 is 0. The molecule has 68 valence electrons. The van der Waals surface area contributed by atoms with Gasteiger partial charge in [-0.3, -0.25) is 4.90 Å². The fourth-order valence-corrected chi connectivity index (χ4v) is 1.64. The van der Waals surface area contributed by atoms with Crippen molar-refractivity contribution in [1.82, 2.24) is 4.90 Å². The lowest BCUT2D eigenvalue weighted by Crippen LogP contribution is -2.51. The Hall–Kier alpha value is -0.0151. The van der Waals surface area contributed by atoms with Crippen LogP contribution < -0.4 is 5.73 Å². The zero-order chi connectivity index (χ0) is 9.35. The minimum absolute atomic E-state index is 0.274. The quantitative estimate of drug-likeness (QED) is 0.583. The molecule has 1 heterocycles. The van der Waals surface area contributed by atoms with E-state index >= 15 is 0 Å². The van der Waals surface area contributed by atoms with Gasteiger partial charge in [0, 0.05) is 12.6 Å². The maximum absolute atomic E-state index is 5.62. The van der Waals surface area contributed by atoms with E-state index in [0.29, 0.717) is 11.3 Å². The second kappa shape index (κ2) is 3.39. The van der Waals surface area contributed by atoms with Gasteiger partial charge in [0.25, 0.3) is 0 Å². The van der Waals surface area contributed by atoms with Crippen molar-refractivity contribution in [3.8, 4) is 0 Å². The predicted molar refractivity (Wildman–Crippen MR) is 52.9 cm³/mol. The molecule has 0 spiro atoms. The molecule has 0 aromatic carbocycles. The van der Waals surface area contributed by atoms with Crippen LogP contribution in [0.3, 0.4) is 0 Å². The third kappa shape index (κ3) is 2.02. The third-order valence-electron chi connectivity index (χ3n) is 3.31. The molecule has 0 aromatic heterocycles. The molecule has 1 aliphatic rings. The van der Waals surface area contributed by atoms with Crippen LogP contribution in [0.25, 0.3) is 0 Å². The zero-order valence-corrected chi connectivity index (χ0v) is 8.38. The fraction of sp³-hybridized carbons (Fsp3) is 1.00. The van der Waals surface area contributed by atoms with Crippen LogP contribution in [-0.2, 0) is 0 Å². The normalized spacial score (nSPS) is 33.2. The van der Waals surface area contributed by atoms with E-state index < -0.39 is 0 Å². The molecular weight excluding hydrogens is 147 g/mol. The molecule has 2 N–H and O–H groups in total. The van der Waals surface area contributed by atoms with Crippen LogP contribution in [-0.4, -0.2) is 31.9 Å². The van der Waals surface area contributed by atoms with E-state index in [1.807, 2.05) is 0 Å². The van der Waals surface area contributed by atoms with Gasteiger partial charge in [0.2, 0.25) is 0 Å². The first-order chi connectivity index (χ1) is 5.43. The summed E-state index contributed by atoms with van der Waals surface area (Å²) in [6.07, 6.45) is 1.19. The Kier molecular flexibility index (Phi) is 2.84. The van der Waals surface area contributed by atoms with E-state index in [0.717, 1.165) is 13.1 Å². The molecule has 0 saturated carbocycles. The van der Waals surface area contributed by atoms with Crippen LogP contribution in [0, 0.1) is 11.3 Å². The summed E-state index contributed by atoms with van der Waals surface area (Å²) in [6.45, 7) is 8.97. The maximum Gasteiger partial charge on any atom is 0.112 e. The molecular formula is C9H19BN2. The summed E-state index contributed by atoms with van der Waals surface area (Å²) in [4.78, 5) is 2.15. The summed E-state index contributed by atoms with van der Waals surface area (Å²) in [5.41, 5.74) is 6.07. The SMILES string of the molecule is [B][C@H](N)N1CCC(C)(C)[C@@H](C)C1. The van der Waals surface area contributed by atoms with Crippen molar-refractivity contribution in [2.75, 3.05) is 13.1 Å². The number of hydrogen-bond donors (Lipinski definition) is 1. The number of nitrogens with two attached hydrogens (primary N) is 1. The smallest absolute Gasteiger partial charge is 0.112 e. The lowest BCUT2D eigenvalue weighted by Gasteiger charge is -2.44. The predicted octanol–water partition coefficient (Wildman–Crippen LogP) is 0.765. The first-order valence-electron chi connectivity index (χ1n) is 4.69. The first kappa shape index (κ1) is 10.1. The molecule has 0 aliphatic carbocycles. The summed E-state index contributed by atoms with van der Waals surface area (Å²) in [5, 5.41) is 0. The van der Waals surface area contributed by atoms with Crippen molar-refractivity contribution >= 4 is 7.85 Å². The Morgan fingerprint density at radius 3 is 2.58 bits per heavy atom. The van der Waals surface area contributed by atoms with Gasteiger partial charge in [-0.15, -0.1) is 0 Å². The van der Waals surface area contributed by atoms with Crippen molar-refractivity contribution in [2.45, 2.75) is 33.3 Å². The zero-order valence-electron chi connectivity index (χ0n) is 8.38. The van der Waals surface area contributed by atoms with E-state index in [2.05, 4.69) is 25.7 Å². The Morgan fingerprint density at radius 1 is 1.58 bits per heavy atom. The van der Waals surface area contributed by atoms with Gasteiger partial charge in [0.05, 0.1) is 0 Å². The molecule has 1 saturated heterocycles. The first-order valence-corrected chi connectivity index (χ1v) is 4.69. The van der Waals surface area contributed by atoms with Crippen LogP contribution in [0.4, 0.5) is 0 Å². The monoisotopic (exact) mass is 166 g/mol. The molecule has 2 nitrogen and oxygen atoms in total. The molecule has 2 atom stereocenters. The van der Waals surface area contributed by atoms with E-state index in [1.165, 1.54) is 6.42 Å². The minimum Gasteiger partial charge on any atom is -0.324 e. The number of piperidine rings is 1. The van der Waals surface area contributed by atoms with Crippen LogP contribution in [0.15, 0.2) is 0 Å². The summed E-state index contributed by atoms with van der Waals surface area (Å²) in [5.74, 6) is 0.681. The molecule has 3 heteroatoms. The molecule has 0 unspecified atom stereocenters. The van der Waals surface area contributed by atoms with E-state index in [4.69, 9.17) is 13.6 Å². The van der Waals surface area contributed by atoms with Gasteiger partial charge in [-0.25, -0.2) is 0 Å². The molecule has 0 bridgehead atoms. The van der Waals surface area contributed by atoms with Crippen molar-refractivity contribution in [2.24, 2.45) is 17.1 Å². The topological polar surface area (TPSA) is 29.3 Å². The van der Waals surface area contributed by atoms with Gasteiger partial charge in [-0.1, -0.05) is 20.8 Å². The van der Waals surface area contributed by atoms with Crippen molar-refractivity contribution in [1.29, 1.82) is 0 Å². The highest BCUT2D eigenvalue weighted by atomic mass is 15.2. The maximum atomic E-state index is 5.62. The molecule has 0 amide bonds. The number of nitrogens with zero attached hydrogens (tertiary/aromatic N) is 1. The number of rotatable bonds is 1. The van der Waals surface area contributed by atoms with Gasteiger partial charge >= 0.3 is 0 Å². The van der Waals surface area contributed by atoms with Crippen molar-refractivity contribution in [3.05, 3.63) is 0 Å². The highest BCUT2D eigenvalue weighted by molar-refractivity contribution is 6.11. The Labute approximate surface area is 76.9 Å². The number of hydrogen-bond acceptors (Lipinski definition) is 2. The second-order valence-corrected chi connectivity index (χ2v) is 4.63. The van der Waals surface area contributed by atoms with Crippen molar-refractivity contribution in [3.63, 3.8) is 0 Å². The Morgan fingerprint density at radius 2 is 2.17 bits per heavy atom. The van der Waals surface area contributed by atoms with Crippen LogP contribution in [0.2, 0.25) is 0 Å². The van der Waals surface area contributed by atoms with Gasteiger partial charge in [0.1, 0.15) is 7.85 Å². The van der Waals surface area contributed by atoms with Gasteiger partial charge in [-0.2, -0.15) is 0 Å². The Balaban J connectivity index is 2.52.